The first-order valence-corrected chi connectivity index (χ1v) is 7.59. The minimum absolute atomic E-state index is 0.301. The summed E-state index contributed by atoms with van der Waals surface area (Å²) in [6.07, 6.45) is 3.23. The predicted molar refractivity (Wildman–Crippen MR) is 93.8 cm³/mol. The molecule has 2 N–H and O–H groups in total. The molecule has 24 heavy (non-hydrogen) atoms. The molecule has 0 spiro atoms. The number of aromatic nitrogens is 1. The van der Waals surface area contributed by atoms with Gasteiger partial charge in [0.2, 0.25) is 0 Å². The Balaban J connectivity index is 1.63. The Morgan fingerprint density at radius 1 is 1.08 bits per heavy atom. The fourth-order valence-corrected chi connectivity index (χ4v) is 2.12. The highest BCUT2D eigenvalue weighted by Gasteiger charge is 2.03. The molecule has 2 aromatic carbocycles. The molecule has 0 fully saturated rings. The first-order valence-electron chi connectivity index (χ1n) is 7.21. The maximum Gasteiger partial charge on any atom is 0.287 e. The number of ether oxygens (including phenoxy) is 1. The molecule has 0 atom stereocenters. The van der Waals surface area contributed by atoms with Crippen molar-refractivity contribution in [3.05, 3.63) is 83.1 Å². The van der Waals surface area contributed by atoms with Crippen molar-refractivity contribution < 1.29 is 9.53 Å². The van der Waals surface area contributed by atoms with E-state index in [4.69, 9.17) is 16.3 Å². The Bertz CT molecular complexity index is 843. The van der Waals surface area contributed by atoms with Gasteiger partial charge in [0.1, 0.15) is 17.2 Å². The lowest BCUT2D eigenvalue weighted by Crippen LogP contribution is -2.17. The van der Waals surface area contributed by atoms with Crippen molar-refractivity contribution >= 4 is 23.7 Å². The van der Waals surface area contributed by atoms with Crippen LogP contribution in [0.2, 0.25) is 5.02 Å². The second kappa shape index (κ2) is 7.48. The van der Waals surface area contributed by atoms with E-state index in [9.17, 15) is 4.79 Å². The van der Waals surface area contributed by atoms with Gasteiger partial charge >= 0.3 is 0 Å². The zero-order valence-corrected chi connectivity index (χ0v) is 13.3. The van der Waals surface area contributed by atoms with Gasteiger partial charge in [0.05, 0.1) is 6.21 Å². The summed E-state index contributed by atoms with van der Waals surface area (Å²) in [6.45, 7) is 0. The van der Waals surface area contributed by atoms with Gasteiger partial charge in [-0.05, 0) is 54.1 Å². The van der Waals surface area contributed by atoms with Gasteiger partial charge in [0.15, 0.2) is 0 Å². The second-order valence-corrected chi connectivity index (χ2v) is 5.35. The number of carbonyl (C=O) groups excluding carboxylic acids is 1. The van der Waals surface area contributed by atoms with Crippen LogP contribution in [0.1, 0.15) is 16.1 Å². The molecule has 120 valence electrons. The number of hydrogen-bond donors (Lipinski definition) is 2. The van der Waals surface area contributed by atoms with Gasteiger partial charge in [0.25, 0.3) is 5.91 Å². The Kier molecular flexibility index (Phi) is 4.93. The molecule has 0 aliphatic carbocycles. The number of nitrogens with zero attached hydrogens (tertiary/aromatic N) is 1. The summed E-state index contributed by atoms with van der Waals surface area (Å²) in [6, 6.07) is 17.9. The van der Waals surface area contributed by atoms with E-state index < -0.39 is 0 Å². The van der Waals surface area contributed by atoms with Crippen molar-refractivity contribution in [2.45, 2.75) is 0 Å². The van der Waals surface area contributed by atoms with E-state index in [1.54, 1.807) is 48.8 Å². The SMILES string of the molecule is O=C(N/N=C\c1cccc(Oc2ccc(Cl)cc2)c1)c1ccc[nH]1. The van der Waals surface area contributed by atoms with Crippen LogP contribution in [0.4, 0.5) is 0 Å². The summed E-state index contributed by atoms with van der Waals surface area (Å²) >= 11 is 5.85. The van der Waals surface area contributed by atoms with Crippen LogP contribution in [0.3, 0.4) is 0 Å². The summed E-state index contributed by atoms with van der Waals surface area (Å²) in [5.74, 6) is 1.05. The van der Waals surface area contributed by atoms with Crippen molar-refractivity contribution in [3.63, 3.8) is 0 Å². The molecule has 0 bridgehead atoms. The van der Waals surface area contributed by atoms with Crippen LogP contribution in [0.5, 0.6) is 11.5 Å². The van der Waals surface area contributed by atoms with Crippen LogP contribution in [-0.2, 0) is 0 Å². The number of rotatable bonds is 5. The average molecular weight is 340 g/mol. The number of nitrogens with one attached hydrogen (secondary N) is 2. The Hall–Kier alpha value is -3.05. The van der Waals surface area contributed by atoms with E-state index in [0.29, 0.717) is 22.2 Å². The number of hydrogen-bond acceptors (Lipinski definition) is 3. The summed E-state index contributed by atoms with van der Waals surface area (Å²) in [7, 11) is 0. The maximum atomic E-state index is 11.7. The Morgan fingerprint density at radius 3 is 2.67 bits per heavy atom. The van der Waals surface area contributed by atoms with Crippen molar-refractivity contribution in [2.75, 3.05) is 0 Å². The van der Waals surface area contributed by atoms with E-state index in [0.717, 1.165) is 5.56 Å². The van der Waals surface area contributed by atoms with E-state index in [1.807, 2.05) is 24.3 Å². The largest absolute Gasteiger partial charge is 0.457 e. The summed E-state index contributed by atoms with van der Waals surface area (Å²) in [5, 5.41) is 4.59. The molecule has 6 heteroatoms. The van der Waals surface area contributed by atoms with E-state index in [-0.39, 0.29) is 5.91 Å². The topological polar surface area (TPSA) is 66.5 Å². The summed E-state index contributed by atoms with van der Waals surface area (Å²) in [5.41, 5.74) is 3.70. The van der Waals surface area contributed by atoms with Crippen LogP contribution in [0.25, 0.3) is 0 Å². The van der Waals surface area contributed by atoms with Crippen LogP contribution in [0, 0.1) is 0 Å². The summed E-state index contributed by atoms with van der Waals surface area (Å²) < 4.78 is 5.75. The van der Waals surface area contributed by atoms with Crippen molar-refractivity contribution in [1.29, 1.82) is 0 Å². The van der Waals surface area contributed by atoms with E-state index >= 15 is 0 Å². The third-order valence-corrected chi connectivity index (χ3v) is 3.38. The number of halogens is 1. The minimum atomic E-state index is -0.301. The molecule has 0 saturated heterocycles. The van der Waals surface area contributed by atoms with Gasteiger partial charge in [-0.1, -0.05) is 23.7 Å². The van der Waals surface area contributed by atoms with Gasteiger partial charge in [-0.15, -0.1) is 0 Å². The van der Waals surface area contributed by atoms with Gasteiger partial charge in [-0.3, -0.25) is 4.79 Å². The molecule has 3 aromatic rings. The van der Waals surface area contributed by atoms with Gasteiger partial charge in [-0.2, -0.15) is 5.10 Å². The number of hydrazone groups is 1. The van der Waals surface area contributed by atoms with Crippen LogP contribution in [0.15, 0.2) is 72.0 Å². The fourth-order valence-electron chi connectivity index (χ4n) is 1.99. The number of aromatic amines is 1. The van der Waals surface area contributed by atoms with Crippen LogP contribution >= 0.6 is 11.6 Å². The molecular weight excluding hydrogens is 326 g/mol. The monoisotopic (exact) mass is 339 g/mol. The highest BCUT2D eigenvalue weighted by Crippen LogP contribution is 2.23. The van der Waals surface area contributed by atoms with E-state index in [1.165, 1.54) is 0 Å². The van der Waals surface area contributed by atoms with Crippen molar-refractivity contribution in [3.8, 4) is 11.5 Å². The van der Waals surface area contributed by atoms with Crippen molar-refractivity contribution in [1.82, 2.24) is 10.4 Å². The number of carbonyl (C=O) groups is 1. The smallest absolute Gasteiger partial charge is 0.287 e. The molecule has 3 rings (SSSR count). The lowest BCUT2D eigenvalue weighted by molar-refractivity contribution is 0.0951. The zero-order chi connectivity index (χ0) is 16.8. The third-order valence-electron chi connectivity index (χ3n) is 3.13. The average Bonchev–Trinajstić information content (AvgIpc) is 3.12. The van der Waals surface area contributed by atoms with Gasteiger partial charge in [0, 0.05) is 11.2 Å². The standard InChI is InChI=1S/C18H14ClN3O2/c19-14-6-8-15(9-7-14)24-16-4-1-3-13(11-16)12-21-22-18(23)17-5-2-10-20-17/h1-12,20H,(H,22,23)/b21-12-. The molecule has 0 aliphatic heterocycles. The van der Waals surface area contributed by atoms with Crippen LogP contribution in [-0.4, -0.2) is 17.1 Å². The predicted octanol–water partition coefficient (Wildman–Crippen LogP) is 4.22. The Morgan fingerprint density at radius 2 is 1.92 bits per heavy atom. The normalized spacial score (nSPS) is 10.7. The molecule has 5 nitrogen and oxygen atoms in total. The number of amides is 1. The fraction of sp³-hybridized carbons (Fsp3) is 0. The molecule has 0 unspecified atom stereocenters. The minimum Gasteiger partial charge on any atom is -0.457 e. The second-order valence-electron chi connectivity index (χ2n) is 4.91. The third kappa shape index (κ3) is 4.24. The first kappa shape index (κ1) is 15.8. The Labute approximate surface area is 143 Å². The van der Waals surface area contributed by atoms with E-state index in [2.05, 4.69) is 15.5 Å². The molecule has 1 heterocycles. The zero-order valence-electron chi connectivity index (χ0n) is 12.6. The first-order chi connectivity index (χ1) is 11.7. The number of benzene rings is 2. The molecule has 0 aliphatic rings. The van der Waals surface area contributed by atoms with Crippen molar-refractivity contribution in [2.24, 2.45) is 5.10 Å². The highest BCUT2D eigenvalue weighted by molar-refractivity contribution is 6.30. The molecule has 1 amide bonds. The summed E-state index contributed by atoms with van der Waals surface area (Å²) in [4.78, 5) is 14.6. The molecule has 0 radical (unpaired) electrons. The molecule has 1 aromatic heterocycles. The lowest BCUT2D eigenvalue weighted by atomic mass is 10.2. The van der Waals surface area contributed by atoms with Gasteiger partial charge in [-0.25, -0.2) is 5.43 Å². The number of H-pyrrole nitrogens is 1. The lowest BCUT2D eigenvalue weighted by Gasteiger charge is -2.06. The molecular formula is C18H14ClN3O2. The van der Waals surface area contributed by atoms with Gasteiger partial charge < -0.3 is 9.72 Å². The molecule has 0 saturated carbocycles. The quantitative estimate of drug-likeness (QED) is 0.539. The van der Waals surface area contributed by atoms with Crippen LogP contribution < -0.4 is 10.2 Å². The highest BCUT2D eigenvalue weighted by atomic mass is 35.5. The maximum absolute atomic E-state index is 11.7.